The molecule has 4 heteroatoms. The summed E-state index contributed by atoms with van der Waals surface area (Å²) in [5.41, 5.74) is 6.67. The molecule has 0 radical (unpaired) electrons. The molecular formula is C17H16FNOS. The molecule has 108 valence electrons. The van der Waals surface area contributed by atoms with Crippen LogP contribution in [0.1, 0.15) is 11.1 Å². The van der Waals surface area contributed by atoms with Crippen molar-refractivity contribution < 1.29 is 9.13 Å². The molecule has 21 heavy (non-hydrogen) atoms. The largest absolute Gasteiger partial charge is 0.489 e. The van der Waals surface area contributed by atoms with Gasteiger partial charge in [-0.25, -0.2) is 4.39 Å². The van der Waals surface area contributed by atoms with Crippen molar-refractivity contribution in [3.05, 3.63) is 59.4 Å². The first-order valence-electron chi connectivity index (χ1n) is 6.46. The van der Waals surface area contributed by atoms with Gasteiger partial charge in [-0.15, -0.1) is 11.8 Å². The SMILES string of the molecule is CSc1ccc(OCc2cc(F)cc(C#CCN)c2)cc1. The summed E-state index contributed by atoms with van der Waals surface area (Å²) in [6.45, 7) is 0.553. The van der Waals surface area contributed by atoms with Crippen LogP contribution in [-0.4, -0.2) is 12.8 Å². The Morgan fingerprint density at radius 3 is 2.62 bits per heavy atom. The fourth-order valence-corrected chi connectivity index (χ4v) is 2.21. The fourth-order valence-electron chi connectivity index (χ4n) is 1.80. The molecule has 0 saturated heterocycles. The molecule has 2 rings (SSSR count). The quantitative estimate of drug-likeness (QED) is 0.694. The maximum absolute atomic E-state index is 13.5. The lowest BCUT2D eigenvalue weighted by Gasteiger charge is -2.07. The van der Waals surface area contributed by atoms with Gasteiger partial charge in [-0.3, -0.25) is 0 Å². The molecule has 0 aromatic heterocycles. The Kier molecular flexibility index (Phi) is 5.68. The fraction of sp³-hybridized carbons (Fsp3) is 0.176. The average molecular weight is 301 g/mol. The molecule has 0 saturated carbocycles. The Morgan fingerprint density at radius 1 is 1.19 bits per heavy atom. The van der Waals surface area contributed by atoms with E-state index in [0.717, 1.165) is 11.3 Å². The van der Waals surface area contributed by atoms with E-state index in [4.69, 9.17) is 10.5 Å². The second-order valence-electron chi connectivity index (χ2n) is 4.32. The minimum atomic E-state index is -0.324. The second-order valence-corrected chi connectivity index (χ2v) is 5.20. The highest BCUT2D eigenvalue weighted by molar-refractivity contribution is 7.98. The first kappa shape index (κ1) is 15.4. The number of benzene rings is 2. The zero-order valence-corrected chi connectivity index (χ0v) is 12.5. The minimum absolute atomic E-state index is 0.254. The van der Waals surface area contributed by atoms with E-state index in [0.29, 0.717) is 12.2 Å². The number of rotatable bonds is 4. The molecule has 0 amide bonds. The van der Waals surface area contributed by atoms with Crippen molar-refractivity contribution in [3.63, 3.8) is 0 Å². The Balaban J connectivity index is 2.06. The minimum Gasteiger partial charge on any atom is -0.489 e. The monoisotopic (exact) mass is 301 g/mol. The third-order valence-corrected chi connectivity index (χ3v) is 3.50. The van der Waals surface area contributed by atoms with Crippen LogP contribution >= 0.6 is 11.8 Å². The van der Waals surface area contributed by atoms with Gasteiger partial charge in [0.1, 0.15) is 18.2 Å². The van der Waals surface area contributed by atoms with Crippen molar-refractivity contribution in [1.29, 1.82) is 0 Å². The van der Waals surface area contributed by atoms with Crippen molar-refractivity contribution in [2.75, 3.05) is 12.8 Å². The summed E-state index contributed by atoms with van der Waals surface area (Å²) in [6, 6.07) is 12.4. The maximum Gasteiger partial charge on any atom is 0.124 e. The Morgan fingerprint density at radius 2 is 1.95 bits per heavy atom. The number of hydrogen-bond donors (Lipinski definition) is 1. The molecule has 0 fully saturated rings. The van der Waals surface area contributed by atoms with Gasteiger partial charge in [0.25, 0.3) is 0 Å². The molecular weight excluding hydrogens is 285 g/mol. The van der Waals surface area contributed by atoms with Crippen LogP contribution in [0, 0.1) is 17.7 Å². The smallest absolute Gasteiger partial charge is 0.124 e. The second kappa shape index (κ2) is 7.72. The van der Waals surface area contributed by atoms with Crippen LogP contribution in [-0.2, 0) is 6.61 Å². The van der Waals surface area contributed by atoms with Gasteiger partial charge in [0.15, 0.2) is 0 Å². The Hall–Kier alpha value is -1.96. The lowest BCUT2D eigenvalue weighted by Crippen LogP contribution is -1.97. The zero-order valence-electron chi connectivity index (χ0n) is 11.7. The van der Waals surface area contributed by atoms with E-state index in [9.17, 15) is 4.39 Å². The first-order valence-corrected chi connectivity index (χ1v) is 7.69. The third kappa shape index (κ3) is 4.82. The summed E-state index contributed by atoms with van der Waals surface area (Å²) in [4.78, 5) is 1.17. The predicted molar refractivity (Wildman–Crippen MR) is 84.9 cm³/mol. The summed E-state index contributed by atoms with van der Waals surface area (Å²) in [5.74, 6) is 5.97. The van der Waals surface area contributed by atoms with E-state index in [1.807, 2.05) is 36.6 Å². The summed E-state index contributed by atoms with van der Waals surface area (Å²) < 4.78 is 19.2. The van der Waals surface area contributed by atoms with Gasteiger partial charge >= 0.3 is 0 Å². The first-order chi connectivity index (χ1) is 10.2. The normalized spacial score (nSPS) is 9.86. The summed E-state index contributed by atoms with van der Waals surface area (Å²) in [5, 5.41) is 0. The summed E-state index contributed by atoms with van der Waals surface area (Å²) >= 11 is 1.67. The average Bonchev–Trinajstić information content (AvgIpc) is 2.51. The number of hydrogen-bond acceptors (Lipinski definition) is 3. The number of nitrogens with two attached hydrogens (primary N) is 1. The van der Waals surface area contributed by atoms with E-state index >= 15 is 0 Å². The molecule has 2 N–H and O–H groups in total. The van der Waals surface area contributed by atoms with Crippen molar-refractivity contribution in [2.24, 2.45) is 5.73 Å². The highest BCUT2D eigenvalue weighted by atomic mass is 32.2. The van der Waals surface area contributed by atoms with E-state index in [1.165, 1.54) is 17.0 Å². The van der Waals surface area contributed by atoms with Crippen molar-refractivity contribution in [1.82, 2.24) is 0 Å². The van der Waals surface area contributed by atoms with Crippen LogP contribution in [0.25, 0.3) is 0 Å². The Bertz CT molecular complexity index is 659. The highest BCUT2D eigenvalue weighted by Crippen LogP contribution is 2.20. The van der Waals surface area contributed by atoms with Crippen LogP contribution in [0.4, 0.5) is 4.39 Å². The molecule has 0 aliphatic rings. The summed E-state index contributed by atoms with van der Waals surface area (Å²) in [6.07, 6.45) is 2.02. The van der Waals surface area contributed by atoms with Gasteiger partial charge in [0, 0.05) is 10.5 Å². The van der Waals surface area contributed by atoms with Crippen molar-refractivity contribution in [2.45, 2.75) is 11.5 Å². The zero-order chi connectivity index (χ0) is 15.1. The van der Waals surface area contributed by atoms with Crippen LogP contribution in [0.15, 0.2) is 47.4 Å². The molecule has 2 nitrogen and oxygen atoms in total. The molecule has 0 aliphatic carbocycles. The van der Waals surface area contributed by atoms with E-state index in [-0.39, 0.29) is 12.4 Å². The van der Waals surface area contributed by atoms with Gasteiger partial charge in [-0.1, -0.05) is 11.8 Å². The van der Waals surface area contributed by atoms with Crippen LogP contribution in [0.5, 0.6) is 5.75 Å². The molecule has 0 spiro atoms. The predicted octanol–water partition coefficient (Wildman–Crippen LogP) is 3.44. The molecule has 0 unspecified atom stereocenters. The van der Waals surface area contributed by atoms with E-state index in [2.05, 4.69) is 11.8 Å². The van der Waals surface area contributed by atoms with Gasteiger partial charge in [-0.2, -0.15) is 0 Å². The highest BCUT2D eigenvalue weighted by Gasteiger charge is 2.01. The van der Waals surface area contributed by atoms with Gasteiger partial charge in [-0.05, 0) is 54.3 Å². The number of thioether (sulfide) groups is 1. The lowest BCUT2D eigenvalue weighted by atomic mass is 10.1. The van der Waals surface area contributed by atoms with Gasteiger partial charge < -0.3 is 10.5 Å². The van der Waals surface area contributed by atoms with Crippen LogP contribution in [0.2, 0.25) is 0 Å². The van der Waals surface area contributed by atoms with Crippen LogP contribution < -0.4 is 10.5 Å². The van der Waals surface area contributed by atoms with Gasteiger partial charge in [0.05, 0.1) is 6.54 Å². The number of halogens is 1. The van der Waals surface area contributed by atoms with Gasteiger partial charge in [0.2, 0.25) is 0 Å². The third-order valence-electron chi connectivity index (χ3n) is 2.76. The molecule has 0 atom stereocenters. The molecule has 0 heterocycles. The molecule has 2 aromatic rings. The van der Waals surface area contributed by atoms with Crippen molar-refractivity contribution in [3.8, 4) is 17.6 Å². The lowest BCUT2D eigenvalue weighted by molar-refractivity contribution is 0.305. The topological polar surface area (TPSA) is 35.2 Å². The van der Waals surface area contributed by atoms with Crippen molar-refractivity contribution >= 4 is 11.8 Å². The van der Waals surface area contributed by atoms with E-state index in [1.54, 1.807) is 11.8 Å². The molecule has 0 bridgehead atoms. The standard InChI is InChI=1S/C17H16FNOS/c1-21-17-6-4-16(5-7-17)20-12-14-9-13(3-2-8-19)10-15(18)11-14/h4-7,9-11H,8,12,19H2,1H3. The van der Waals surface area contributed by atoms with E-state index < -0.39 is 0 Å². The molecule has 0 aliphatic heterocycles. The summed E-state index contributed by atoms with van der Waals surface area (Å²) in [7, 11) is 0. The number of ether oxygens (including phenoxy) is 1. The molecule has 2 aromatic carbocycles. The Labute approximate surface area is 128 Å². The van der Waals surface area contributed by atoms with Crippen LogP contribution in [0.3, 0.4) is 0 Å². The maximum atomic E-state index is 13.5.